The van der Waals surface area contributed by atoms with Gasteiger partial charge in [0.1, 0.15) is 0 Å². The zero-order chi connectivity index (χ0) is 15.2. The first kappa shape index (κ1) is 17.0. The molecule has 1 amide bonds. The fraction of sp³-hybridized carbons (Fsp3) is 0.400. The van der Waals surface area contributed by atoms with Gasteiger partial charge >= 0.3 is 0 Å². The van der Waals surface area contributed by atoms with Crippen molar-refractivity contribution in [3.63, 3.8) is 0 Å². The van der Waals surface area contributed by atoms with Crippen molar-refractivity contribution in [1.29, 1.82) is 0 Å². The van der Waals surface area contributed by atoms with Crippen molar-refractivity contribution in [3.8, 4) is 0 Å². The molecule has 1 aromatic carbocycles. The SMILES string of the molecule is CCC(C)(CCO)NC(=O)/C=C/c1cc(Cl)ccc1Cl. The molecule has 1 rings (SSSR count). The molecule has 0 heterocycles. The van der Waals surface area contributed by atoms with Crippen LogP contribution in [0, 0.1) is 0 Å². The average Bonchev–Trinajstić information content (AvgIpc) is 2.40. The van der Waals surface area contributed by atoms with Crippen molar-refractivity contribution < 1.29 is 9.90 Å². The van der Waals surface area contributed by atoms with E-state index in [2.05, 4.69) is 5.32 Å². The maximum atomic E-state index is 11.9. The molecule has 0 aliphatic heterocycles. The molecule has 20 heavy (non-hydrogen) atoms. The van der Waals surface area contributed by atoms with Gasteiger partial charge in [0.15, 0.2) is 0 Å². The van der Waals surface area contributed by atoms with E-state index in [-0.39, 0.29) is 12.5 Å². The number of rotatable bonds is 6. The fourth-order valence-corrected chi connectivity index (χ4v) is 2.08. The molecule has 3 nitrogen and oxygen atoms in total. The Morgan fingerprint density at radius 1 is 1.45 bits per heavy atom. The highest BCUT2D eigenvalue weighted by atomic mass is 35.5. The van der Waals surface area contributed by atoms with Gasteiger partial charge in [0.2, 0.25) is 5.91 Å². The van der Waals surface area contributed by atoms with Gasteiger partial charge < -0.3 is 10.4 Å². The average molecular weight is 316 g/mol. The third kappa shape index (κ3) is 5.16. The minimum atomic E-state index is -0.408. The van der Waals surface area contributed by atoms with Crippen LogP contribution in [0.25, 0.3) is 6.08 Å². The number of halogens is 2. The lowest BCUT2D eigenvalue weighted by atomic mass is 9.95. The van der Waals surface area contributed by atoms with Crippen LogP contribution in [0.15, 0.2) is 24.3 Å². The second-order valence-corrected chi connectivity index (χ2v) is 5.72. The van der Waals surface area contributed by atoms with Gasteiger partial charge in [0, 0.05) is 28.3 Å². The van der Waals surface area contributed by atoms with Crippen LogP contribution >= 0.6 is 23.2 Å². The van der Waals surface area contributed by atoms with Crippen LogP contribution in [0.5, 0.6) is 0 Å². The molecule has 0 saturated carbocycles. The predicted molar refractivity (Wildman–Crippen MR) is 84.0 cm³/mol. The molecule has 0 spiro atoms. The summed E-state index contributed by atoms with van der Waals surface area (Å²) in [6.45, 7) is 3.91. The van der Waals surface area contributed by atoms with E-state index in [0.717, 1.165) is 6.42 Å². The quantitative estimate of drug-likeness (QED) is 0.787. The molecule has 2 N–H and O–H groups in total. The maximum absolute atomic E-state index is 11.9. The van der Waals surface area contributed by atoms with Crippen molar-refractivity contribution in [3.05, 3.63) is 39.9 Å². The lowest BCUT2D eigenvalue weighted by molar-refractivity contribution is -0.118. The second kappa shape index (κ2) is 7.67. The monoisotopic (exact) mass is 315 g/mol. The minimum Gasteiger partial charge on any atom is -0.396 e. The first-order chi connectivity index (χ1) is 9.40. The molecule has 1 unspecified atom stereocenters. The third-order valence-corrected chi connectivity index (χ3v) is 3.82. The molecule has 0 aliphatic rings. The van der Waals surface area contributed by atoms with Gasteiger partial charge in [-0.25, -0.2) is 0 Å². The Bertz CT molecular complexity index is 503. The van der Waals surface area contributed by atoms with Gasteiger partial charge in [-0.05, 0) is 49.6 Å². The maximum Gasteiger partial charge on any atom is 0.244 e. The Hall–Kier alpha value is -1.03. The van der Waals surface area contributed by atoms with E-state index < -0.39 is 5.54 Å². The van der Waals surface area contributed by atoms with Gasteiger partial charge in [-0.3, -0.25) is 4.79 Å². The molecule has 1 atom stereocenters. The zero-order valence-electron chi connectivity index (χ0n) is 11.6. The topological polar surface area (TPSA) is 49.3 Å². The molecule has 1 aromatic rings. The number of carbonyl (C=O) groups is 1. The summed E-state index contributed by atoms with van der Waals surface area (Å²) >= 11 is 11.9. The molecule has 110 valence electrons. The van der Waals surface area contributed by atoms with Gasteiger partial charge in [0.25, 0.3) is 0 Å². The van der Waals surface area contributed by atoms with Crippen molar-refractivity contribution in [2.45, 2.75) is 32.2 Å². The number of carbonyl (C=O) groups excluding carboxylic acids is 1. The minimum absolute atomic E-state index is 0.0362. The second-order valence-electron chi connectivity index (χ2n) is 4.88. The highest BCUT2D eigenvalue weighted by Crippen LogP contribution is 2.22. The van der Waals surface area contributed by atoms with E-state index in [1.165, 1.54) is 6.08 Å². The number of amides is 1. The van der Waals surface area contributed by atoms with E-state index in [0.29, 0.717) is 22.0 Å². The predicted octanol–water partition coefficient (Wildman–Crippen LogP) is 3.67. The smallest absolute Gasteiger partial charge is 0.244 e. The molecule has 5 heteroatoms. The van der Waals surface area contributed by atoms with Crippen LogP contribution in [-0.2, 0) is 4.79 Å². The summed E-state index contributed by atoms with van der Waals surface area (Å²) in [7, 11) is 0. The van der Waals surface area contributed by atoms with Crippen molar-refractivity contribution >= 4 is 35.2 Å². The summed E-state index contributed by atoms with van der Waals surface area (Å²) in [5.74, 6) is -0.223. The molecule has 0 radical (unpaired) electrons. The van der Waals surface area contributed by atoms with Crippen LogP contribution < -0.4 is 5.32 Å². The summed E-state index contributed by atoms with van der Waals surface area (Å²) in [5, 5.41) is 13.0. The van der Waals surface area contributed by atoms with E-state index in [9.17, 15) is 4.79 Å². The van der Waals surface area contributed by atoms with Crippen molar-refractivity contribution in [2.75, 3.05) is 6.61 Å². The largest absolute Gasteiger partial charge is 0.396 e. The van der Waals surface area contributed by atoms with E-state index in [4.69, 9.17) is 28.3 Å². The van der Waals surface area contributed by atoms with Crippen LogP contribution in [0.1, 0.15) is 32.3 Å². The van der Waals surface area contributed by atoms with E-state index in [1.807, 2.05) is 13.8 Å². The first-order valence-corrected chi connectivity index (χ1v) is 7.22. The molecule has 0 saturated heterocycles. The van der Waals surface area contributed by atoms with Crippen LogP contribution in [-0.4, -0.2) is 23.2 Å². The first-order valence-electron chi connectivity index (χ1n) is 6.46. The molecular formula is C15H19Cl2NO2. The Morgan fingerprint density at radius 2 is 2.15 bits per heavy atom. The number of nitrogens with one attached hydrogen (secondary N) is 1. The molecule has 0 fully saturated rings. The van der Waals surface area contributed by atoms with E-state index in [1.54, 1.807) is 24.3 Å². The lowest BCUT2D eigenvalue weighted by Gasteiger charge is -2.28. The Kier molecular flexibility index (Phi) is 6.53. The summed E-state index contributed by atoms with van der Waals surface area (Å²) in [6.07, 6.45) is 4.30. The Balaban J connectivity index is 2.75. The summed E-state index contributed by atoms with van der Waals surface area (Å²) in [5.41, 5.74) is 0.281. The summed E-state index contributed by atoms with van der Waals surface area (Å²) in [4.78, 5) is 11.9. The highest BCUT2D eigenvalue weighted by molar-refractivity contribution is 6.34. The third-order valence-electron chi connectivity index (χ3n) is 3.24. The Morgan fingerprint density at radius 3 is 2.75 bits per heavy atom. The number of hydrogen-bond donors (Lipinski definition) is 2. The number of benzene rings is 1. The zero-order valence-corrected chi connectivity index (χ0v) is 13.1. The highest BCUT2D eigenvalue weighted by Gasteiger charge is 2.22. The number of hydrogen-bond acceptors (Lipinski definition) is 2. The van der Waals surface area contributed by atoms with Crippen LogP contribution in [0.3, 0.4) is 0 Å². The van der Waals surface area contributed by atoms with E-state index >= 15 is 0 Å². The van der Waals surface area contributed by atoms with Gasteiger partial charge in [-0.2, -0.15) is 0 Å². The molecular weight excluding hydrogens is 297 g/mol. The van der Waals surface area contributed by atoms with Crippen LogP contribution in [0.4, 0.5) is 0 Å². The number of aliphatic hydroxyl groups excluding tert-OH is 1. The molecule has 0 bridgehead atoms. The van der Waals surface area contributed by atoms with Crippen molar-refractivity contribution in [1.82, 2.24) is 5.32 Å². The normalized spacial score (nSPS) is 14.2. The summed E-state index contributed by atoms with van der Waals surface area (Å²) < 4.78 is 0. The standard InChI is InChI=1S/C15H19Cl2NO2/c1-3-15(2,8-9-19)18-14(20)7-4-11-10-12(16)5-6-13(11)17/h4-7,10,19H,3,8-9H2,1-2H3,(H,18,20)/b7-4+. The Labute approximate surface area is 129 Å². The van der Waals surface area contributed by atoms with Gasteiger partial charge in [-0.1, -0.05) is 30.1 Å². The summed E-state index contributed by atoms with van der Waals surface area (Å²) in [6, 6.07) is 5.07. The van der Waals surface area contributed by atoms with Crippen LogP contribution in [0.2, 0.25) is 10.0 Å². The van der Waals surface area contributed by atoms with Gasteiger partial charge in [-0.15, -0.1) is 0 Å². The number of aliphatic hydroxyl groups is 1. The van der Waals surface area contributed by atoms with Gasteiger partial charge in [0.05, 0.1) is 0 Å². The molecule has 0 aliphatic carbocycles. The molecule has 0 aromatic heterocycles. The van der Waals surface area contributed by atoms with Crippen molar-refractivity contribution in [2.24, 2.45) is 0 Å². The lowest BCUT2D eigenvalue weighted by Crippen LogP contribution is -2.45. The fourth-order valence-electron chi connectivity index (χ4n) is 1.72.